The zero-order valence-corrected chi connectivity index (χ0v) is 15.0. The third-order valence-electron chi connectivity index (χ3n) is 4.70. The number of carbonyl (C=O) groups is 2. The van der Waals surface area contributed by atoms with E-state index in [2.05, 4.69) is 12.1 Å². The van der Waals surface area contributed by atoms with Crippen LogP contribution in [0.15, 0.2) is 30.3 Å². The van der Waals surface area contributed by atoms with Gasteiger partial charge in [0.25, 0.3) is 0 Å². The van der Waals surface area contributed by atoms with Crippen molar-refractivity contribution >= 4 is 11.9 Å². The summed E-state index contributed by atoms with van der Waals surface area (Å²) in [6.07, 6.45) is 3.48. The second kappa shape index (κ2) is 10.0. The number of carbonyl (C=O) groups excluding carboxylic acids is 2. The lowest BCUT2D eigenvalue weighted by atomic mass is 9.96. The summed E-state index contributed by atoms with van der Waals surface area (Å²) in [5.74, 6) is -0.0501. The highest BCUT2D eigenvalue weighted by molar-refractivity contribution is 5.80. The molecule has 2 rings (SSSR count). The molecule has 2 N–H and O–H groups in total. The van der Waals surface area contributed by atoms with Crippen LogP contribution in [0, 0.1) is 5.92 Å². The molecule has 1 aliphatic heterocycles. The highest BCUT2D eigenvalue weighted by atomic mass is 16.5. The van der Waals surface area contributed by atoms with Crippen molar-refractivity contribution < 1.29 is 14.3 Å². The quantitative estimate of drug-likeness (QED) is 0.780. The van der Waals surface area contributed by atoms with Crippen molar-refractivity contribution in [3.05, 3.63) is 35.9 Å². The van der Waals surface area contributed by atoms with Crippen LogP contribution < -0.4 is 5.73 Å². The molecule has 1 heterocycles. The van der Waals surface area contributed by atoms with Gasteiger partial charge in [-0.25, -0.2) is 4.79 Å². The van der Waals surface area contributed by atoms with Crippen molar-refractivity contribution in [2.45, 2.75) is 25.7 Å². The molecule has 138 valence electrons. The molecule has 0 saturated carbocycles. The molecule has 0 unspecified atom stereocenters. The number of piperidine rings is 1. The van der Waals surface area contributed by atoms with Gasteiger partial charge in [-0.2, -0.15) is 0 Å². The number of nitrogens with two attached hydrogens (primary N) is 1. The number of nitrogens with zero attached hydrogens (tertiary/aromatic N) is 2. The van der Waals surface area contributed by atoms with Gasteiger partial charge >= 0.3 is 6.03 Å². The van der Waals surface area contributed by atoms with Crippen LogP contribution in [-0.4, -0.2) is 61.6 Å². The lowest BCUT2D eigenvalue weighted by Gasteiger charge is -2.34. The molecule has 1 saturated heterocycles. The number of likely N-dealkylation sites (tertiary alicyclic amines) is 1. The number of urea groups is 1. The summed E-state index contributed by atoms with van der Waals surface area (Å²) in [6, 6.07) is 9.84. The van der Waals surface area contributed by atoms with Crippen molar-refractivity contribution in [3.8, 4) is 0 Å². The van der Waals surface area contributed by atoms with E-state index in [1.165, 1.54) is 5.56 Å². The first-order valence-electron chi connectivity index (χ1n) is 8.98. The minimum Gasteiger partial charge on any atom is -0.383 e. The van der Waals surface area contributed by atoms with Gasteiger partial charge in [-0.3, -0.25) is 4.79 Å². The van der Waals surface area contributed by atoms with Gasteiger partial charge in [0.05, 0.1) is 12.5 Å². The fourth-order valence-corrected chi connectivity index (χ4v) is 3.29. The molecule has 0 radical (unpaired) electrons. The number of ether oxygens (including phenoxy) is 1. The average Bonchev–Trinajstić information content (AvgIpc) is 2.65. The number of benzene rings is 1. The number of rotatable bonds is 8. The van der Waals surface area contributed by atoms with E-state index in [-0.39, 0.29) is 11.8 Å². The average molecular weight is 347 g/mol. The van der Waals surface area contributed by atoms with E-state index in [0.717, 1.165) is 25.7 Å². The van der Waals surface area contributed by atoms with Gasteiger partial charge in [0, 0.05) is 33.3 Å². The van der Waals surface area contributed by atoms with E-state index in [1.807, 2.05) is 23.1 Å². The Balaban J connectivity index is 1.90. The van der Waals surface area contributed by atoms with E-state index in [0.29, 0.717) is 32.8 Å². The van der Waals surface area contributed by atoms with Gasteiger partial charge < -0.3 is 20.3 Å². The van der Waals surface area contributed by atoms with E-state index < -0.39 is 6.03 Å². The largest absolute Gasteiger partial charge is 0.383 e. The van der Waals surface area contributed by atoms with Crippen LogP contribution >= 0.6 is 0 Å². The van der Waals surface area contributed by atoms with Crippen LogP contribution in [0.4, 0.5) is 4.79 Å². The Kier molecular flexibility index (Phi) is 7.73. The van der Waals surface area contributed by atoms with Crippen LogP contribution in [0.5, 0.6) is 0 Å². The molecule has 6 heteroatoms. The molecule has 0 aliphatic carbocycles. The number of amides is 3. The smallest absolute Gasteiger partial charge is 0.314 e. The first-order chi connectivity index (χ1) is 12.1. The van der Waals surface area contributed by atoms with Crippen LogP contribution in [0.25, 0.3) is 0 Å². The molecule has 1 aromatic carbocycles. The highest BCUT2D eigenvalue weighted by Crippen LogP contribution is 2.19. The van der Waals surface area contributed by atoms with Gasteiger partial charge in [-0.05, 0) is 31.2 Å². The maximum atomic E-state index is 12.9. The zero-order valence-electron chi connectivity index (χ0n) is 15.0. The number of hydrogen-bond acceptors (Lipinski definition) is 3. The summed E-state index contributed by atoms with van der Waals surface area (Å²) in [5, 5.41) is 0. The molecule has 1 aliphatic rings. The predicted octanol–water partition coefficient (Wildman–Crippen LogP) is 1.88. The summed E-state index contributed by atoms with van der Waals surface area (Å²) in [5.41, 5.74) is 6.65. The van der Waals surface area contributed by atoms with Crippen molar-refractivity contribution in [2.75, 3.05) is 39.9 Å². The molecule has 0 aromatic heterocycles. The molecule has 25 heavy (non-hydrogen) atoms. The maximum absolute atomic E-state index is 12.9. The minimum absolute atomic E-state index is 0.107. The van der Waals surface area contributed by atoms with Gasteiger partial charge in [0.1, 0.15) is 0 Å². The number of methoxy groups -OCH3 is 1. The highest BCUT2D eigenvalue weighted by Gasteiger charge is 2.30. The van der Waals surface area contributed by atoms with E-state index in [4.69, 9.17) is 10.5 Å². The first-order valence-corrected chi connectivity index (χ1v) is 8.98. The molecular weight excluding hydrogens is 318 g/mol. The molecule has 3 amide bonds. The Morgan fingerprint density at radius 3 is 2.72 bits per heavy atom. The summed E-state index contributed by atoms with van der Waals surface area (Å²) >= 11 is 0. The molecule has 0 spiro atoms. The van der Waals surface area contributed by atoms with Crippen molar-refractivity contribution in [3.63, 3.8) is 0 Å². The number of hydrogen-bond donors (Lipinski definition) is 1. The third-order valence-corrected chi connectivity index (χ3v) is 4.70. The second-order valence-corrected chi connectivity index (χ2v) is 6.53. The third kappa shape index (κ3) is 6.05. The number of primary amides is 1. The topological polar surface area (TPSA) is 75.9 Å². The Morgan fingerprint density at radius 1 is 1.28 bits per heavy atom. The molecule has 6 nitrogen and oxygen atoms in total. The van der Waals surface area contributed by atoms with Crippen molar-refractivity contribution in [1.82, 2.24) is 9.80 Å². The summed E-state index contributed by atoms with van der Waals surface area (Å²) in [6.45, 7) is 2.87. The molecule has 0 bridgehead atoms. The van der Waals surface area contributed by atoms with Crippen molar-refractivity contribution in [2.24, 2.45) is 11.7 Å². The maximum Gasteiger partial charge on any atom is 0.314 e. The van der Waals surface area contributed by atoms with Crippen molar-refractivity contribution in [1.29, 1.82) is 0 Å². The van der Waals surface area contributed by atoms with Gasteiger partial charge in [0.2, 0.25) is 5.91 Å². The lowest BCUT2D eigenvalue weighted by molar-refractivity contribution is -0.137. The fraction of sp³-hybridized carbons (Fsp3) is 0.579. The SMILES string of the molecule is COCCN(CCCc1ccccc1)C(=O)[C@H]1CCCN(C(N)=O)C1. The molecular formula is C19H29N3O3. The summed E-state index contributed by atoms with van der Waals surface area (Å²) in [7, 11) is 1.64. The predicted molar refractivity (Wildman–Crippen MR) is 97.1 cm³/mol. The van der Waals surface area contributed by atoms with Crippen LogP contribution in [0.3, 0.4) is 0 Å². The van der Waals surface area contributed by atoms with E-state index in [1.54, 1.807) is 12.0 Å². The first kappa shape index (κ1) is 19.2. The standard InChI is InChI=1S/C19H29N3O3/c1-25-14-13-21(11-5-9-16-7-3-2-4-8-16)18(23)17-10-6-12-22(15-17)19(20)24/h2-4,7-8,17H,5-6,9-15H2,1H3,(H2,20,24)/t17-/m0/s1. The summed E-state index contributed by atoms with van der Waals surface area (Å²) < 4.78 is 5.16. The van der Waals surface area contributed by atoms with Gasteiger partial charge in [-0.1, -0.05) is 30.3 Å². The number of aryl methyl sites for hydroxylation is 1. The fourth-order valence-electron chi connectivity index (χ4n) is 3.29. The summed E-state index contributed by atoms with van der Waals surface area (Å²) in [4.78, 5) is 27.8. The Hall–Kier alpha value is -2.08. The monoisotopic (exact) mass is 347 g/mol. The van der Waals surface area contributed by atoms with E-state index in [9.17, 15) is 9.59 Å². The second-order valence-electron chi connectivity index (χ2n) is 6.53. The zero-order chi connectivity index (χ0) is 18.1. The van der Waals surface area contributed by atoms with E-state index >= 15 is 0 Å². The lowest BCUT2D eigenvalue weighted by Crippen LogP contribution is -2.49. The molecule has 1 fully saturated rings. The molecule has 1 aromatic rings. The van der Waals surface area contributed by atoms with Crippen LogP contribution in [-0.2, 0) is 16.0 Å². The minimum atomic E-state index is -0.440. The molecule has 1 atom stereocenters. The van der Waals surface area contributed by atoms with Crippen LogP contribution in [0.1, 0.15) is 24.8 Å². The van der Waals surface area contributed by atoms with Gasteiger partial charge in [-0.15, -0.1) is 0 Å². The Labute approximate surface area is 149 Å². The normalized spacial score (nSPS) is 17.3. The van der Waals surface area contributed by atoms with Gasteiger partial charge in [0.15, 0.2) is 0 Å². The Bertz CT molecular complexity index is 550. The Morgan fingerprint density at radius 2 is 2.04 bits per heavy atom. The van der Waals surface area contributed by atoms with Crippen LogP contribution in [0.2, 0.25) is 0 Å².